The standard InChI is InChI=1S/C22H20F3N3O3S/c1-14-6-7-15(2)20(12-14)32(30,31)28-18-10-8-16(9-11-18)21(29)27-26-19-5-3-4-17(13-19)22(23,24)25/h3-13,26,28H,1-2H3,(H,27,29). The first-order valence-electron chi connectivity index (χ1n) is 9.39. The summed E-state index contributed by atoms with van der Waals surface area (Å²) in [5.74, 6) is -0.605. The Morgan fingerprint density at radius 1 is 0.875 bits per heavy atom. The number of rotatable bonds is 6. The lowest BCUT2D eigenvalue weighted by atomic mass is 10.2. The fourth-order valence-electron chi connectivity index (χ4n) is 2.87. The van der Waals surface area contributed by atoms with Gasteiger partial charge in [-0.2, -0.15) is 13.2 Å². The molecule has 168 valence electrons. The van der Waals surface area contributed by atoms with E-state index in [-0.39, 0.29) is 21.8 Å². The summed E-state index contributed by atoms with van der Waals surface area (Å²) >= 11 is 0. The Kier molecular flexibility index (Phi) is 6.45. The fourth-order valence-corrected chi connectivity index (χ4v) is 4.26. The summed E-state index contributed by atoms with van der Waals surface area (Å²) in [7, 11) is -3.82. The van der Waals surface area contributed by atoms with Crippen molar-refractivity contribution in [3.63, 3.8) is 0 Å². The third-order valence-corrected chi connectivity index (χ3v) is 6.07. The average molecular weight is 463 g/mol. The normalized spacial score (nSPS) is 11.7. The zero-order chi connectivity index (χ0) is 23.5. The molecule has 3 aromatic rings. The molecule has 1 amide bonds. The van der Waals surface area contributed by atoms with Gasteiger partial charge in [0.1, 0.15) is 0 Å². The van der Waals surface area contributed by atoms with Crippen LogP contribution in [0.2, 0.25) is 0 Å². The maximum Gasteiger partial charge on any atom is 0.416 e. The van der Waals surface area contributed by atoms with E-state index in [0.717, 1.165) is 17.7 Å². The van der Waals surface area contributed by atoms with Crippen LogP contribution in [0.1, 0.15) is 27.0 Å². The van der Waals surface area contributed by atoms with Crippen LogP contribution in [0, 0.1) is 13.8 Å². The lowest BCUT2D eigenvalue weighted by molar-refractivity contribution is -0.137. The van der Waals surface area contributed by atoms with Crippen molar-refractivity contribution >= 4 is 27.3 Å². The zero-order valence-corrected chi connectivity index (χ0v) is 17.9. The monoisotopic (exact) mass is 463 g/mol. The summed E-state index contributed by atoms with van der Waals surface area (Å²) in [6.07, 6.45) is -4.50. The van der Waals surface area contributed by atoms with Crippen LogP contribution in [0.5, 0.6) is 0 Å². The van der Waals surface area contributed by atoms with Crippen molar-refractivity contribution in [1.82, 2.24) is 5.43 Å². The summed E-state index contributed by atoms with van der Waals surface area (Å²) < 4.78 is 66.1. The van der Waals surface area contributed by atoms with Crippen LogP contribution < -0.4 is 15.6 Å². The number of sulfonamides is 1. The van der Waals surface area contributed by atoms with Gasteiger partial charge in [0.05, 0.1) is 16.1 Å². The molecular weight excluding hydrogens is 443 g/mol. The van der Waals surface area contributed by atoms with Crippen LogP contribution in [0.25, 0.3) is 0 Å². The Morgan fingerprint density at radius 3 is 2.22 bits per heavy atom. The third-order valence-electron chi connectivity index (χ3n) is 4.54. The van der Waals surface area contributed by atoms with Crippen molar-refractivity contribution in [3.8, 4) is 0 Å². The second-order valence-corrected chi connectivity index (χ2v) is 8.76. The van der Waals surface area contributed by atoms with Gasteiger partial charge >= 0.3 is 6.18 Å². The van der Waals surface area contributed by atoms with Crippen LogP contribution in [-0.2, 0) is 16.2 Å². The van der Waals surface area contributed by atoms with E-state index in [0.29, 0.717) is 5.56 Å². The Morgan fingerprint density at radius 2 is 1.56 bits per heavy atom. The number of carbonyl (C=O) groups is 1. The first-order chi connectivity index (χ1) is 15.0. The van der Waals surface area contributed by atoms with Gasteiger partial charge in [-0.05, 0) is 73.5 Å². The maximum atomic E-state index is 12.8. The summed E-state index contributed by atoms with van der Waals surface area (Å²) in [6.45, 7) is 3.48. The van der Waals surface area contributed by atoms with Gasteiger partial charge in [-0.3, -0.25) is 20.4 Å². The molecule has 3 aromatic carbocycles. The second-order valence-electron chi connectivity index (χ2n) is 7.11. The van der Waals surface area contributed by atoms with Crippen LogP contribution in [0.15, 0.2) is 71.6 Å². The number of hydrazine groups is 1. The Labute approximate surface area is 183 Å². The fraction of sp³-hybridized carbons (Fsp3) is 0.136. The lowest BCUT2D eigenvalue weighted by Crippen LogP contribution is -2.29. The van der Waals surface area contributed by atoms with E-state index in [2.05, 4.69) is 15.6 Å². The molecular formula is C22H20F3N3O3S. The van der Waals surface area contributed by atoms with Crippen LogP contribution in [0.4, 0.5) is 24.5 Å². The minimum absolute atomic E-state index is 0.0612. The van der Waals surface area contributed by atoms with Crippen LogP contribution in [0.3, 0.4) is 0 Å². The highest BCUT2D eigenvalue weighted by atomic mass is 32.2. The van der Waals surface area contributed by atoms with E-state index >= 15 is 0 Å². The summed E-state index contributed by atoms with van der Waals surface area (Å²) in [4.78, 5) is 12.4. The first kappa shape index (κ1) is 23.1. The van der Waals surface area contributed by atoms with Crippen molar-refractivity contribution in [3.05, 3.63) is 89.0 Å². The number of anilines is 2. The molecule has 0 aromatic heterocycles. The number of alkyl halides is 3. The number of benzene rings is 3. The molecule has 10 heteroatoms. The van der Waals surface area contributed by atoms with E-state index in [1.807, 2.05) is 6.07 Å². The molecule has 0 aliphatic carbocycles. The van der Waals surface area contributed by atoms with Crippen molar-refractivity contribution in [2.75, 3.05) is 10.1 Å². The smallest absolute Gasteiger partial charge is 0.298 e. The molecule has 3 rings (SSSR count). The minimum atomic E-state index is -4.50. The number of carbonyl (C=O) groups excluding carboxylic acids is 1. The van der Waals surface area contributed by atoms with Crippen molar-refractivity contribution in [1.29, 1.82) is 0 Å². The number of aryl methyl sites for hydroxylation is 2. The Bertz CT molecular complexity index is 1240. The summed E-state index contributed by atoms with van der Waals surface area (Å²) in [6, 6.07) is 15.1. The van der Waals surface area contributed by atoms with Crippen molar-refractivity contribution < 1.29 is 26.4 Å². The first-order valence-corrected chi connectivity index (χ1v) is 10.9. The molecule has 0 aliphatic heterocycles. The van der Waals surface area contributed by atoms with Crippen LogP contribution in [-0.4, -0.2) is 14.3 Å². The molecule has 0 bridgehead atoms. The molecule has 6 nitrogen and oxygen atoms in total. The molecule has 0 atom stereocenters. The van der Waals surface area contributed by atoms with Gasteiger partial charge in [0.15, 0.2) is 0 Å². The maximum absolute atomic E-state index is 12.8. The summed E-state index contributed by atoms with van der Waals surface area (Å²) in [5.41, 5.74) is 5.78. The predicted molar refractivity (Wildman–Crippen MR) is 116 cm³/mol. The van der Waals surface area contributed by atoms with Gasteiger partial charge in [0.25, 0.3) is 15.9 Å². The highest BCUT2D eigenvalue weighted by Gasteiger charge is 2.30. The van der Waals surface area contributed by atoms with E-state index in [1.54, 1.807) is 26.0 Å². The van der Waals surface area contributed by atoms with Gasteiger partial charge in [0, 0.05) is 11.3 Å². The van der Waals surface area contributed by atoms with Gasteiger partial charge < -0.3 is 0 Å². The highest BCUT2D eigenvalue weighted by Crippen LogP contribution is 2.30. The van der Waals surface area contributed by atoms with Crippen molar-refractivity contribution in [2.45, 2.75) is 24.9 Å². The third kappa shape index (κ3) is 5.58. The second kappa shape index (κ2) is 8.91. The molecule has 0 spiro atoms. The van der Waals surface area contributed by atoms with E-state index < -0.39 is 27.7 Å². The van der Waals surface area contributed by atoms with E-state index in [4.69, 9.17) is 0 Å². The minimum Gasteiger partial charge on any atom is -0.298 e. The topological polar surface area (TPSA) is 87.3 Å². The number of hydrogen-bond acceptors (Lipinski definition) is 4. The highest BCUT2D eigenvalue weighted by molar-refractivity contribution is 7.92. The van der Waals surface area contributed by atoms with E-state index in [9.17, 15) is 26.4 Å². The molecule has 0 radical (unpaired) electrons. The molecule has 0 fully saturated rings. The number of halogens is 3. The van der Waals surface area contributed by atoms with Gasteiger partial charge in [0.2, 0.25) is 0 Å². The lowest BCUT2D eigenvalue weighted by Gasteiger charge is -2.13. The number of amides is 1. The molecule has 0 saturated heterocycles. The van der Waals surface area contributed by atoms with E-state index in [1.165, 1.54) is 36.4 Å². The average Bonchev–Trinajstić information content (AvgIpc) is 2.73. The molecule has 3 N–H and O–H groups in total. The zero-order valence-electron chi connectivity index (χ0n) is 17.1. The number of nitrogens with one attached hydrogen (secondary N) is 3. The predicted octanol–water partition coefficient (Wildman–Crippen LogP) is 4.88. The summed E-state index contributed by atoms with van der Waals surface area (Å²) in [5, 5.41) is 0. The van der Waals surface area contributed by atoms with Crippen LogP contribution >= 0.6 is 0 Å². The number of hydrogen-bond donors (Lipinski definition) is 3. The molecule has 32 heavy (non-hydrogen) atoms. The Balaban J connectivity index is 1.66. The SMILES string of the molecule is Cc1ccc(C)c(S(=O)(=O)Nc2ccc(C(=O)NNc3cccc(C(F)(F)F)c3)cc2)c1. The van der Waals surface area contributed by atoms with Gasteiger partial charge in [-0.15, -0.1) is 0 Å². The van der Waals surface area contributed by atoms with Crippen molar-refractivity contribution in [2.24, 2.45) is 0 Å². The quantitative estimate of drug-likeness (QED) is 0.455. The molecule has 0 unspecified atom stereocenters. The molecule has 0 heterocycles. The largest absolute Gasteiger partial charge is 0.416 e. The molecule has 0 saturated carbocycles. The van der Waals surface area contributed by atoms with Gasteiger partial charge in [-0.25, -0.2) is 8.42 Å². The van der Waals surface area contributed by atoms with Gasteiger partial charge in [-0.1, -0.05) is 18.2 Å². The Hall–Kier alpha value is -3.53. The molecule has 0 aliphatic rings.